The van der Waals surface area contributed by atoms with Crippen LogP contribution in [0.3, 0.4) is 0 Å². The highest BCUT2D eigenvalue weighted by Crippen LogP contribution is 2.43. The first-order chi connectivity index (χ1) is 33.6. The fraction of sp³-hybridized carbons (Fsp3) is 0.883. The summed E-state index contributed by atoms with van der Waals surface area (Å²) in [6.45, 7) is 5.66. The van der Waals surface area contributed by atoms with Crippen LogP contribution in [0.4, 0.5) is 0 Å². The van der Waals surface area contributed by atoms with Crippen LogP contribution >= 0.6 is 7.82 Å². The van der Waals surface area contributed by atoms with Gasteiger partial charge in [0, 0.05) is 13.0 Å². The molecule has 408 valence electrons. The number of ether oxygens (including phenoxy) is 2. The molecule has 0 heterocycles. The van der Waals surface area contributed by atoms with Gasteiger partial charge in [0.15, 0.2) is 0 Å². The number of unbranched alkanes of at least 4 members (excludes halogenated alkanes) is 36. The van der Waals surface area contributed by atoms with Gasteiger partial charge in [0.25, 0.3) is 0 Å². The molecular formula is C60H117NO7P+. The molecule has 0 spiro atoms. The summed E-state index contributed by atoms with van der Waals surface area (Å²) in [4.78, 5) is 23.1. The number of hydrogen-bond acceptors (Lipinski definition) is 6. The van der Waals surface area contributed by atoms with Crippen molar-refractivity contribution in [2.75, 3.05) is 54.1 Å². The van der Waals surface area contributed by atoms with Crippen molar-refractivity contribution in [3.63, 3.8) is 0 Å². The van der Waals surface area contributed by atoms with Crippen molar-refractivity contribution >= 4 is 13.8 Å². The zero-order valence-corrected chi connectivity index (χ0v) is 47.5. The minimum atomic E-state index is -4.29. The topological polar surface area (TPSA) is 91.3 Å². The lowest BCUT2D eigenvalue weighted by Gasteiger charge is -2.24. The number of phosphoric ester groups is 1. The van der Waals surface area contributed by atoms with Crippen molar-refractivity contribution in [2.45, 2.75) is 290 Å². The van der Waals surface area contributed by atoms with E-state index in [1.165, 1.54) is 225 Å². The molecule has 0 fully saturated rings. The average molecular weight is 996 g/mol. The number of rotatable bonds is 56. The molecule has 0 saturated heterocycles. The Morgan fingerprint density at radius 1 is 0.449 bits per heavy atom. The molecule has 0 amide bonds. The molecule has 0 rings (SSSR count). The number of esters is 1. The Balaban J connectivity index is 4.04. The molecule has 0 aliphatic carbocycles. The first kappa shape index (κ1) is 67.7. The Labute approximate surface area is 429 Å². The summed E-state index contributed by atoms with van der Waals surface area (Å²) in [6, 6.07) is 0. The van der Waals surface area contributed by atoms with Crippen LogP contribution < -0.4 is 0 Å². The Morgan fingerprint density at radius 2 is 0.797 bits per heavy atom. The van der Waals surface area contributed by atoms with E-state index in [4.69, 9.17) is 18.5 Å². The molecule has 0 saturated carbocycles. The highest BCUT2D eigenvalue weighted by atomic mass is 31.2. The van der Waals surface area contributed by atoms with Crippen molar-refractivity contribution in [1.82, 2.24) is 0 Å². The molecule has 2 atom stereocenters. The van der Waals surface area contributed by atoms with E-state index in [2.05, 4.69) is 50.3 Å². The van der Waals surface area contributed by atoms with Crippen LogP contribution in [0.25, 0.3) is 0 Å². The van der Waals surface area contributed by atoms with Gasteiger partial charge in [0.1, 0.15) is 19.3 Å². The number of carbonyl (C=O) groups is 1. The molecule has 0 aromatic carbocycles. The molecule has 9 heteroatoms. The molecular weight excluding hydrogens is 878 g/mol. The van der Waals surface area contributed by atoms with Gasteiger partial charge in [-0.1, -0.05) is 243 Å². The molecule has 0 aromatic rings. The van der Waals surface area contributed by atoms with Crippen molar-refractivity contribution in [3.05, 3.63) is 36.5 Å². The summed E-state index contributed by atoms with van der Waals surface area (Å²) in [6.07, 6.45) is 66.4. The fourth-order valence-electron chi connectivity index (χ4n) is 8.58. The SMILES string of the molecule is CCCCCCC/C=C\C/C=C\CCCCCCCCCCCCOCC(COP(=O)(O)OCC[N+](C)(C)C)OC(=O)CCCCCCCCCCCCCCC/C=C\CCCCCCCCCC. The maximum absolute atomic E-state index is 12.8. The van der Waals surface area contributed by atoms with E-state index in [0.717, 1.165) is 38.5 Å². The van der Waals surface area contributed by atoms with Crippen LogP contribution in [-0.2, 0) is 27.9 Å². The number of carbonyl (C=O) groups excluding carboxylic acids is 1. The maximum Gasteiger partial charge on any atom is 0.472 e. The fourth-order valence-corrected chi connectivity index (χ4v) is 9.32. The summed E-state index contributed by atoms with van der Waals surface area (Å²) in [7, 11) is 1.68. The van der Waals surface area contributed by atoms with Crippen molar-refractivity contribution in [2.24, 2.45) is 0 Å². The third-order valence-corrected chi connectivity index (χ3v) is 14.2. The Bertz CT molecular complexity index is 1200. The van der Waals surface area contributed by atoms with E-state index in [1.54, 1.807) is 0 Å². The Morgan fingerprint density at radius 3 is 1.19 bits per heavy atom. The smallest absolute Gasteiger partial charge is 0.457 e. The first-order valence-electron chi connectivity index (χ1n) is 29.7. The summed E-state index contributed by atoms with van der Waals surface area (Å²) in [5.74, 6) is -0.310. The van der Waals surface area contributed by atoms with Gasteiger partial charge in [-0.05, 0) is 70.6 Å². The predicted molar refractivity (Wildman–Crippen MR) is 298 cm³/mol. The summed E-state index contributed by atoms with van der Waals surface area (Å²) < 4.78 is 35.3. The van der Waals surface area contributed by atoms with E-state index in [1.807, 2.05) is 21.1 Å². The van der Waals surface area contributed by atoms with Gasteiger partial charge < -0.3 is 18.9 Å². The van der Waals surface area contributed by atoms with Crippen LogP contribution in [-0.4, -0.2) is 75.6 Å². The highest BCUT2D eigenvalue weighted by molar-refractivity contribution is 7.47. The molecule has 0 bridgehead atoms. The molecule has 8 nitrogen and oxygen atoms in total. The molecule has 0 radical (unpaired) electrons. The Kier molecular flexibility index (Phi) is 52.0. The standard InChI is InChI=1S/C60H116NO7P/c1-6-8-10-12-14-16-18-20-22-24-26-28-30-31-32-33-35-37-39-41-43-45-47-49-51-53-60(62)68-59(58-67-69(63,64)66-56-54-61(3,4)5)57-65-55-52-50-48-46-44-42-40-38-36-34-29-27-25-23-21-19-17-15-13-11-9-7-2/h19,21,24-27,59H,6-18,20,22-23,28-58H2,1-5H3/p+1/b21-19-,26-24-,27-25-. The van der Waals surface area contributed by atoms with E-state index >= 15 is 0 Å². The summed E-state index contributed by atoms with van der Waals surface area (Å²) in [5.41, 5.74) is 0. The second-order valence-electron chi connectivity index (χ2n) is 21.4. The normalized spacial score (nSPS) is 13.7. The van der Waals surface area contributed by atoms with Crippen molar-refractivity contribution in [1.29, 1.82) is 0 Å². The molecule has 1 N–H and O–H groups in total. The quantitative estimate of drug-likeness (QED) is 0.0213. The van der Waals surface area contributed by atoms with E-state index in [9.17, 15) is 14.3 Å². The van der Waals surface area contributed by atoms with Gasteiger partial charge in [-0.2, -0.15) is 0 Å². The Hall–Kier alpha value is -1.28. The van der Waals surface area contributed by atoms with Crippen LogP contribution in [0, 0.1) is 0 Å². The lowest BCUT2D eigenvalue weighted by atomic mass is 10.0. The lowest BCUT2D eigenvalue weighted by Crippen LogP contribution is -2.37. The van der Waals surface area contributed by atoms with Gasteiger partial charge >= 0.3 is 13.8 Å². The van der Waals surface area contributed by atoms with Crippen molar-refractivity contribution in [3.8, 4) is 0 Å². The molecule has 69 heavy (non-hydrogen) atoms. The summed E-state index contributed by atoms with van der Waals surface area (Å²) in [5, 5.41) is 0. The zero-order valence-electron chi connectivity index (χ0n) is 46.6. The van der Waals surface area contributed by atoms with E-state index < -0.39 is 13.9 Å². The number of likely N-dealkylation sites (N-methyl/N-ethyl adjacent to an activating group) is 1. The monoisotopic (exact) mass is 995 g/mol. The minimum absolute atomic E-state index is 0.0891. The van der Waals surface area contributed by atoms with Crippen LogP contribution in [0.5, 0.6) is 0 Å². The van der Waals surface area contributed by atoms with E-state index in [0.29, 0.717) is 24.1 Å². The number of allylic oxidation sites excluding steroid dienone is 6. The van der Waals surface area contributed by atoms with Gasteiger partial charge in [-0.25, -0.2) is 4.57 Å². The predicted octanol–water partition coefficient (Wildman–Crippen LogP) is 18.8. The van der Waals surface area contributed by atoms with Gasteiger partial charge in [0.2, 0.25) is 0 Å². The van der Waals surface area contributed by atoms with Crippen LogP contribution in [0.2, 0.25) is 0 Å². The van der Waals surface area contributed by atoms with E-state index in [-0.39, 0.29) is 25.8 Å². The highest BCUT2D eigenvalue weighted by Gasteiger charge is 2.26. The third-order valence-electron chi connectivity index (χ3n) is 13.2. The second-order valence-corrected chi connectivity index (χ2v) is 22.8. The second kappa shape index (κ2) is 53.0. The average Bonchev–Trinajstić information content (AvgIpc) is 3.31. The molecule has 0 aliphatic heterocycles. The number of nitrogens with zero attached hydrogens (tertiary/aromatic N) is 1. The molecule has 2 unspecified atom stereocenters. The molecule has 0 aromatic heterocycles. The lowest BCUT2D eigenvalue weighted by molar-refractivity contribution is -0.870. The van der Waals surface area contributed by atoms with Crippen molar-refractivity contribution < 1.29 is 37.3 Å². The first-order valence-corrected chi connectivity index (χ1v) is 31.2. The largest absolute Gasteiger partial charge is 0.472 e. The number of hydrogen-bond donors (Lipinski definition) is 1. The minimum Gasteiger partial charge on any atom is -0.457 e. The van der Waals surface area contributed by atoms with Gasteiger partial charge in [-0.3, -0.25) is 13.8 Å². The zero-order chi connectivity index (χ0) is 50.5. The third kappa shape index (κ3) is 57.5. The number of quaternary nitrogens is 1. The molecule has 0 aliphatic rings. The van der Waals surface area contributed by atoms with Gasteiger partial charge in [0.05, 0.1) is 34.4 Å². The maximum atomic E-state index is 12.8. The summed E-state index contributed by atoms with van der Waals surface area (Å²) >= 11 is 0. The van der Waals surface area contributed by atoms with Gasteiger partial charge in [-0.15, -0.1) is 0 Å². The van der Waals surface area contributed by atoms with Crippen LogP contribution in [0.1, 0.15) is 284 Å². The number of phosphoric acid groups is 1. The van der Waals surface area contributed by atoms with Crippen LogP contribution in [0.15, 0.2) is 36.5 Å².